The van der Waals surface area contributed by atoms with Crippen LogP contribution in [0.1, 0.15) is 35.4 Å². The number of nitrogens with two attached hydrogens (primary N) is 1. The molecule has 1 fully saturated rings. The predicted octanol–water partition coefficient (Wildman–Crippen LogP) is 2.41. The summed E-state index contributed by atoms with van der Waals surface area (Å²) in [6.07, 6.45) is 3.97. The minimum atomic E-state index is 0.348. The summed E-state index contributed by atoms with van der Waals surface area (Å²) in [5.41, 5.74) is 9.70. The third-order valence-corrected chi connectivity index (χ3v) is 4.76. The van der Waals surface area contributed by atoms with Crippen molar-refractivity contribution in [2.24, 2.45) is 5.73 Å². The zero-order valence-corrected chi connectivity index (χ0v) is 10.9. The summed E-state index contributed by atoms with van der Waals surface area (Å²) < 4.78 is 11.6. The van der Waals surface area contributed by atoms with Crippen molar-refractivity contribution in [2.45, 2.75) is 37.6 Å². The van der Waals surface area contributed by atoms with Crippen LogP contribution in [-0.4, -0.2) is 19.3 Å². The Morgan fingerprint density at radius 3 is 2.39 bits per heavy atom. The molecule has 0 saturated heterocycles. The minimum Gasteiger partial charge on any atom is -0.493 e. The van der Waals surface area contributed by atoms with Crippen molar-refractivity contribution in [2.75, 3.05) is 13.2 Å². The van der Waals surface area contributed by atoms with Crippen LogP contribution in [0, 0.1) is 0 Å². The predicted molar refractivity (Wildman–Crippen MR) is 69.8 cm³/mol. The molecule has 3 aliphatic rings. The fourth-order valence-electron chi connectivity index (χ4n) is 3.42. The molecule has 0 atom stereocenters. The Labute approximate surface area is 111 Å². The molecule has 1 aromatic carbocycles. The highest BCUT2D eigenvalue weighted by molar-refractivity contribution is 6.33. The topological polar surface area (TPSA) is 44.5 Å². The average Bonchev–Trinajstić information content (AvgIpc) is 2.94. The highest BCUT2D eigenvalue weighted by Gasteiger charge is 2.38. The molecule has 96 valence electrons. The van der Waals surface area contributed by atoms with Gasteiger partial charge >= 0.3 is 0 Å². The van der Waals surface area contributed by atoms with Gasteiger partial charge in [0.2, 0.25) is 0 Å². The van der Waals surface area contributed by atoms with Crippen molar-refractivity contribution in [1.29, 1.82) is 0 Å². The highest BCUT2D eigenvalue weighted by atomic mass is 35.5. The maximum absolute atomic E-state index is 6.44. The molecule has 1 saturated carbocycles. The molecule has 0 aromatic heterocycles. The summed E-state index contributed by atoms with van der Waals surface area (Å²) in [4.78, 5) is 0. The van der Waals surface area contributed by atoms with Crippen LogP contribution in [0.25, 0.3) is 0 Å². The molecule has 3 nitrogen and oxygen atoms in total. The Kier molecular flexibility index (Phi) is 2.30. The average molecular weight is 266 g/mol. The second kappa shape index (κ2) is 3.78. The summed E-state index contributed by atoms with van der Waals surface area (Å²) >= 11 is 6.44. The van der Waals surface area contributed by atoms with E-state index in [2.05, 4.69) is 0 Å². The van der Waals surface area contributed by atoms with Crippen molar-refractivity contribution < 1.29 is 9.47 Å². The maximum Gasteiger partial charge on any atom is 0.142 e. The molecule has 2 aliphatic heterocycles. The Morgan fingerprint density at radius 2 is 1.67 bits per heavy atom. The highest BCUT2D eigenvalue weighted by Crippen LogP contribution is 2.52. The summed E-state index contributed by atoms with van der Waals surface area (Å²) in [6, 6.07) is 0.348. The molecule has 0 radical (unpaired) electrons. The Bertz CT molecular complexity index is 488. The first kappa shape index (κ1) is 10.9. The zero-order valence-electron chi connectivity index (χ0n) is 10.2. The van der Waals surface area contributed by atoms with Gasteiger partial charge < -0.3 is 15.2 Å². The lowest BCUT2D eigenvalue weighted by molar-refractivity contribution is 0.318. The van der Waals surface area contributed by atoms with E-state index >= 15 is 0 Å². The van der Waals surface area contributed by atoms with Gasteiger partial charge in [0.25, 0.3) is 0 Å². The van der Waals surface area contributed by atoms with Crippen LogP contribution in [0.2, 0.25) is 5.02 Å². The van der Waals surface area contributed by atoms with Crippen LogP contribution >= 0.6 is 11.6 Å². The number of rotatable bonds is 1. The van der Waals surface area contributed by atoms with Crippen molar-refractivity contribution in [3.05, 3.63) is 21.7 Å². The minimum absolute atomic E-state index is 0.348. The Morgan fingerprint density at radius 1 is 1.00 bits per heavy atom. The SMILES string of the molecule is NC1CC(c2c3c(c(Cl)c4c2OCC4)OCC3)C1. The van der Waals surface area contributed by atoms with Gasteiger partial charge in [-0.2, -0.15) is 0 Å². The maximum atomic E-state index is 6.44. The quantitative estimate of drug-likeness (QED) is 0.848. The van der Waals surface area contributed by atoms with E-state index in [0.29, 0.717) is 12.0 Å². The van der Waals surface area contributed by atoms with Crippen molar-refractivity contribution >= 4 is 11.6 Å². The van der Waals surface area contributed by atoms with Gasteiger partial charge in [-0.15, -0.1) is 0 Å². The fourth-order valence-corrected chi connectivity index (χ4v) is 3.77. The number of benzene rings is 1. The normalized spacial score (nSPS) is 28.1. The van der Waals surface area contributed by atoms with Gasteiger partial charge in [-0.3, -0.25) is 0 Å². The van der Waals surface area contributed by atoms with Crippen LogP contribution in [0.15, 0.2) is 0 Å². The molecule has 2 heterocycles. The van der Waals surface area contributed by atoms with Crippen LogP contribution in [-0.2, 0) is 12.8 Å². The van der Waals surface area contributed by atoms with E-state index in [4.69, 9.17) is 26.8 Å². The van der Waals surface area contributed by atoms with Crippen molar-refractivity contribution in [3.8, 4) is 11.5 Å². The summed E-state index contributed by atoms with van der Waals surface area (Å²) in [5.74, 6) is 2.50. The molecule has 0 bridgehead atoms. The molecular weight excluding hydrogens is 250 g/mol. The first-order valence-electron chi connectivity index (χ1n) is 6.64. The first-order chi connectivity index (χ1) is 8.75. The van der Waals surface area contributed by atoms with E-state index in [9.17, 15) is 0 Å². The second-order valence-electron chi connectivity index (χ2n) is 5.47. The molecule has 4 rings (SSSR count). The van der Waals surface area contributed by atoms with Crippen LogP contribution in [0.3, 0.4) is 0 Å². The second-order valence-corrected chi connectivity index (χ2v) is 5.85. The summed E-state index contributed by atoms with van der Waals surface area (Å²) in [5, 5.41) is 0.780. The summed E-state index contributed by atoms with van der Waals surface area (Å²) in [7, 11) is 0. The number of hydrogen-bond acceptors (Lipinski definition) is 3. The van der Waals surface area contributed by atoms with Crippen LogP contribution in [0.5, 0.6) is 11.5 Å². The zero-order chi connectivity index (χ0) is 12.3. The Balaban J connectivity index is 1.90. The largest absolute Gasteiger partial charge is 0.493 e. The number of hydrogen-bond donors (Lipinski definition) is 1. The molecule has 4 heteroatoms. The van der Waals surface area contributed by atoms with Crippen molar-refractivity contribution in [1.82, 2.24) is 0 Å². The lowest BCUT2D eigenvalue weighted by atomic mass is 9.73. The molecule has 0 unspecified atom stereocenters. The first-order valence-corrected chi connectivity index (χ1v) is 7.01. The molecule has 0 amide bonds. The monoisotopic (exact) mass is 265 g/mol. The van der Waals surface area contributed by atoms with Gasteiger partial charge in [0.15, 0.2) is 0 Å². The van der Waals surface area contributed by atoms with Gasteiger partial charge in [-0.1, -0.05) is 11.6 Å². The van der Waals surface area contributed by atoms with Gasteiger partial charge in [-0.05, 0) is 18.8 Å². The van der Waals surface area contributed by atoms with E-state index in [1.165, 1.54) is 11.1 Å². The molecular formula is C14H16ClNO2. The summed E-state index contributed by atoms with van der Waals surface area (Å²) in [6.45, 7) is 1.48. The number of halogens is 1. The van der Waals surface area contributed by atoms with Gasteiger partial charge in [-0.25, -0.2) is 0 Å². The third kappa shape index (κ3) is 1.35. The molecule has 1 aliphatic carbocycles. The van der Waals surface area contributed by atoms with E-state index in [1.807, 2.05) is 0 Å². The van der Waals surface area contributed by atoms with E-state index in [1.54, 1.807) is 0 Å². The van der Waals surface area contributed by atoms with Crippen LogP contribution < -0.4 is 15.2 Å². The van der Waals surface area contributed by atoms with E-state index < -0.39 is 0 Å². The molecule has 18 heavy (non-hydrogen) atoms. The van der Waals surface area contributed by atoms with Gasteiger partial charge in [0.1, 0.15) is 11.5 Å². The smallest absolute Gasteiger partial charge is 0.142 e. The number of ether oxygens (including phenoxy) is 2. The number of fused-ring (bicyclic) bond motifs is 2. The molecule has 1 aromatic rings. The van der Waals surface area contributed by atoms with Crippen molar-refractivity contribution in [3.63, 3.8) is 0 Å². The van der Waals surface area contributed by atoms with E-state index in [0.717, 1.165) is 61.0 Å². The molecule has 0 spiro atoms. The van der Waals surface area contributed by atoms with Gasteiger partial charge in [0.05, 0.1) is 18.2 Å². The third-order valence-electron chi connectivity index (χ3n) is 4.36. The fraction of sp³-hybridized carbons (Fsp3) is 0.571. The standard InChI is InChI=1S/C14H16ClNO2/c15-12-10-2-4-17-13(10)11(7-5-8(16)6-7)9-1-3-18-14(9)12/h7-8H,1-6,16H2. The van der Waals surface area contributed by atoms with Gasteiger partial charge in [0, 0.05) is 35.6 Å². The van der Waals surface area contributed by atoms with E-state index in [-0.39, 0.29) is 0 Å². The van der Waals surface area contributed by atoms with Crippen LogP contribution in [0.4, 0.5) is 0 Å². The lowest BCUT2D eigenvalue weighted by Gasteiger charge is -2.34. The lowest BCUT2D eigenvalue weighted by Crippen LogP contribution is -2.35. The Hall–Kier alpha value is -0.930. The molecule has 2 N–H and O–H groups in total.